The zero-order chi connectivity index (χ0) is 12.3. The van der Waals surface area contributed by atoms with Gasteiger partial charge in [-0.3, -0.25) is 9.59 Å². The maximum Gasteiger partial charge on any atom is 0.326 e. The fraction of sp³-hybridized carbons (Fsp3) is 0.818. The molecule has 1 heterocycles. The maximum atomic E-state index is 11.5. The number of β-lactam (4-membered cyclic amide) rings is 1. The van der Waals surface area contributed by atoms with Gasteiger partial charge in [-0.05, 0) is 27.2 Å². The molecule has 0 radical (unpaired) electrons. The molecule has 1 unspecified atom stereocenters. The van der Waals surface area contributed by atoms with E-state index >= 15 is 0 Å². The summed E-state index contributed by atoms with van der Waals surface area (Å²) in [7, 11) is 0. The molecule has 1 amide bonds. The number of carbonyl (C=O) groups excluding carboxylic acids is 2. The number of hydrogen-bond acceptors (Lipinski definition) is 3. The third-order valence-electron chi connectivity index (χ3n) is 2.33. The molecule has 0 spiro atoms. The van der Waals surface area contributed by atoms with E-state index in [-0.39, 0.29) is 24.5 Å². The second-order valence-electron chi connectivity index (χ2n) is 4.94. The molecule has 0 N–H and O–H groups in total. The Kier molecular flexibility index (Phi) is 4.58. The van der Waals surface area contributed by atoms with Crippen LogP contribution in [0.1, 0.15) is 33.6 Å². The minimum absolute atomic E-state index is 0.0562. The van der Waals surface area contributed by atoms with E-state index in [1.165, 1.54) is 0 Å². The lowest BCUT2D eigenvalue weighted by Gasteiger charge is -2.40. The maximum absolute atomic E-state index is 11.5. The first kappa shape index (κ1) is 13.7. The van der Waals surface area contributed by atoms with Crippen LogP contribution in [0, 0.1) is 0 Å². The van der Waals surface area contributed by atoms with E-state index in [1.54, 1.807) is 4.90 Å². The van der Waals surface area contributed by atoms with Gasteiger partial charge in [0.15, 0.2) is 0 Å². The topological polar surface area (TPSA) is 46.6 Å². The van der Waals surface area contributed by atoms with Crippen LogP contribution in [0.2, 0.25) is 0 Å². The van der Waals surface area contributed by atoms with Crippen LogP contribution in [-0.4, -0.2) is 39.4 Å². The third kappa shape index (κ3) is 3.92. The summed E-state index contributed by atoms with van der Waals surface area (Å²) < 4.78 is 6.18. The predicted octanol–water partition coefficient (Wildman–Crippen LogP) is 1.75. The Balaban J connectivity index is 2.41. The van der Waals surface area contributed by atoms with Gasteiger partial charge in [0, 0.05) is 16.9 Å². The number of likely N-dealkylation sites (tertiary alicyclic amines) is 1. The highest BCUT2D eigenvalue weighted by molar-refractivity contribution is 14.1. The number of alkyl halides is 1. The first-order chi connectivity index (χ1) is 7.33. The SMILES string of the molecule is CC(C)(C)OC(=O)CN1C(=O)CC1CCI. The van der Waals surface area contributed by atoms with Crippen LogP contribution in [-0.2, 0) is 14.3 Å². The summed E-state index contributed by atoms with van der Waals surface area (Å²) in [5.74, 6) is -0.264. The number of carbonyl (C=O) groups is 2. The van der Waals surface area contributed by atoms with Crippen molar-refractivity contribution in [3.63, 3.8) is 0 Å². The molecular weight excluding hydrogens is 321 g/mol. The molecule has 0 aromatic heterocycles. The summed E-state index contributed by atoms with van der Waals surface area (Å²) in [6, 6.07) is 0.233. The summed E-state index contributed by atoms with van der Waals surface area (Å²) >= 11 is 2.28. The van der Waals surface area contributed by atoms with E-state index < -0.39 is 5.60 Å². The van der Waals surface area contributed by atoms with E-state index in [1.807, 2.05) is 20.8 Å². The molecule has 1 rings (SSSR count). The highest BCUT2D eigenvalue weighted by Gasteiger charge is 2.37. The van der Waals surface area contributed by atoms with Gasteiger partial charge in [-0.2, -0.15) is 0 Å². The molecule has 5 heteroatoms. The van der Waals surface area contributed by atoms with Crippen LogP contribution in [0.25, 0.3) is 0 Å². The average molecular weight is 339 g/mol. The first-order valence-electron chi connectivity index (χ1n) is 5.41. The molecule has 1 fully saturated rings. The minimum Gasteiger partial charge on any atom is -0.459 e. The molecule has 16 heavy (non-hydrogen) atoms. The Morgan fingerprint density at radius 1 is 1.56 bits per heavy atom. The summed E-state index contributed by atoms with van der Waals surface area (Å²) in [6.45, 7) is 5.57. The normalized spacial score (nSPS) is 20.6. The molecule has 0 aliphatic carbocycles. The van der Waals surface area contributed by atoms with Crippen molar-refractivity contribution in [3.05, 3.63) is 0 Å². The highest BCUT2D eigenvalue weighted by atomic mass is 127. The molecule has 0 saturated carbocycles. The van der Waals surface area contributed by atoms with Crippen molar-refractivity contribution in [2.75, 3.05) is 11.0 Å². The van der Waals surface area contributed by atoms with Gasteiger partial charge in [-0.1, -0.05) is 22.6 Å². The third-order valence-corrected chi connectivity index (χ3v) is 2.96. The van der Waals surface area contributed by atoms with Gasteiger partial charge >= 0.3 is 5.97 Å². The van der Waals surface area contributed by atoms with Crippen LogP contribution in [0.3, 0.4) is 0 Å². The predicted molar refractivity (Wildman–Crippen MR) is 69.5 cm³/mol. The van der Waals surface area contributed by atoms with Gasteiger partial charge < -0.3 is 9.64 Å². The van der Waals surface area contributed by atoms with Gasteiger partial charge in [-0.25, -0.2) is 0 Å². The molecule has 4 nitrogen and oxygen atoms in total. The number of amides is 1. The Bertz CT molecular complexity index is 285. The number of nitrogens with zero attached hydrogens (tertiary/aromatic N) is 1. The summed E-state index contributed by atoms with van der Waals surface area (Å²) in [5, 5.41) is 0. The van der Waals surface area contributed by atoms with Crippen molar-refractivity contribution >= 4 is 34.5 Å². The molecule has 0 aromatic carbocycles. The summed E-state index contributed by atoms with van der Waals surface area (Å²) in [5.41, 5.74) is -0.482. The van der Waals surface area contributed by atoms with Crippen molar-refractivity contribution in [2.24, 2.45) is 0 Å². The zero-order valence-electron chi connectivity index (χ0n) is 9.96. The van der Waals surface area contributed by atoms with E-state index in [0.717, 1.165) is 10.8 Å². The van der Waals surface area contributed by atoms with Crippen LogP contribution in [0.15, 0.2) is 0 Å². The Hall–Kier alpha value is -0.330. The number of halogens is 1. The molecule has 0 bridgehead atoms. The lowest BCUT2D eigenvalue weighted by Crippen LogP contribution is -2.55. The molecule has 1 saturated heterocycles. The second-order valence-corrected chi connectivity index (χ2v) is 6.02. The second kappa shape index (κ2) is 5.33. The first-order valence-corrected chi connectivity index (χ1v) is 6.93. The van der Waals surface area contributed by atoms with E-state index in [0.29, 0.717) is 6.42 Å². The largest absolute Gasteiger partial charge is 0.459 e. The molecule has 1 aliphatic rings. The van der Waals surface area contributed by atoms with Gasteiger partial charge in [-0.15, -0.1) is 0 Å². The minimum atomic E-state index is -0.482. The van der Waals surface area contributed by atoms with E-state index in [4.69, 9.17) is 4.74 Å². The van der Waals surface area contributed by atoms with Crippen molar-refractivity contribution in [2.45, 2.75) is 45.3 Å². The van der Waals surface area contributed by atoms with Gasteiger partial charge in [0.05, 0.1) is 0 Å². The lowest BCUT2D eigenvalue weighted by molar-refractivity contribution is -0.165. The van der Waals surface area contributed by atoms with Crippen LogP contribution >= 0.6 is 22.6 Å². The Morgan fingerprint density at radius 3 is 2.62 bits per heavy atom. The van der Waals surface area contributed by atoms with Gasteiger partial charge in [0.1, 0.15) is 12.1 Å². The van der Waals surface area contributed by atoms with Gasteiger partial charge in [0.25, 0.3) is 0 Å². The van der Waals surface area contributed by atoms with Crippen LogP contribution in [0.4, 0.5) is 0 Å². The quantitative estimate of drug-likeness (QED) is 0.339. The monoisotopic (exact) mass is 339 g/mol. The van der Waals surface area contributed by atoms with Crippen molar-refractivity contribution in [3.8, 4) is 0 Å². The highest BCUT2D eigenvalue weighted by Crippen LogP contribution is 2.23. The molecule has 0 aromatic rings. The molecule has 1 atom stereocenters. The number of ether oxygens (including phenoxy) is 1. The van der Waals surface area contributed by atoms with Crippen molar-refractivity contribution in [1.82, 2.24) is 4.90 Å². The fourth-order valence-corrected chi connectivity index (χ4v) is 2.35. The summed E-state index contributed by atoms with van der Waals surface area (Å²) in [6.07, 6.45) is 1.53. The van der Waals surface area contributed by atoms with Crippen LogP contribution < -0.4 is 0 Å². The molecule has 1 aliphatic heterocycles. The van der Waals surface area contributed by atoms with Crippen LogP contribution in [0.5, 0.6) is 0 Å². The molecular formula is C11H18INO3. The lowest BCUT2D eigenvalue weighted by atomic mass is 10.00. The number of hydrogen-bond donors (Lipinski definition) is 0. The Morgan fingerprint density at radius 2 is 2.19 bits per heavy atom. The smallest absolute Gasteiger partial charge is 0.326 e. The Labute approximate surface area is 110 Å². The van der Waals surface area contributed by atoms with E-state index in [9.17, 15) is 9.59 Å². The number of esters is 1. The molecule has 92 valence electrons. The average Bonchev–Trinajstić information content (AvgIpc) is 2.11. The summed E-state index contributed by atoms with van der Waals surface area (Å²) in [4.78, 5) is 24.5. The standard InChI is InChI=1S/C11H18INO3/c1-11(2,3)16-10(15)7-13-8(4-5-12)6-9(13)14/h8H,4-7H2,1-3H3. The van der Waals surface area contributed by atoms with Crippen molar-refractivity contribution in [1.29, 1.82) is 0 Å². The number of rotatable bonds is 4. The van der Waals surface area contributed by atoms with E-state index in [2.05, 4.69) is 22.6 Å². The van der Waals surface area contributed by atoms with Gasteiger partial charge in [0.2, 0.25) is 5.91 Å². The fourth-order valence-electron chi connectivity index (χ4n) is 1.63. The van der Waals surface area contributed by atoms with Crippen molar-refractivity contribution < 1.29 is 14.3 Å². The zero-order valence-corrected chi connectivity index (χ0v) is 12.1.